The molecule has 0 bridgehead atoms. The lowest BCUT2D eigenvalue weighted by atomic mass is 10.1. The summed E-state index contributed by atoms with van der Waals surface area (Å²) in [5.74, 6) is -1.40. The Morgan fingerprint density at radius 1 is 1.30 bits per heavy atom. The Labute approximate surface area is 128 Å². The lowest BCUT2D eigenvalue weighted by Crippen LogP contribution is -2.15. The third kappa shape index (κ3) is 3.00. The molecule has 0 radical (unpaired) electrons. The molecule has 7 nitrogen and oxygen atoms in total. The number of carbonyl (C=O) groups is 1. The molecule has 116 valence electrons. The van der Waals surface area contributed by atoms with Crippen molar-refractivity contribution in [1.82, 2.24) is 5.16 Å². The second kappa shape index (κ2) is 5.84. The number of amides is 1. The molecule has 0 fully saturated rings. The fraction of sp³-hybridized carbons (Fsp3) is 0.0667. The number of nitro benzene ring substituents is 1. The summed E-state index contributed by atoms with van der Waals surface area (Å²) >= 11 is 0. The first-order valence-electron chi connectivity index (χ1n) is 6.61. The average Bonchev–Trinajstić information content (AvgIpc) is 2.92. The second-order valence-corrected chi connectivity index (χ2v) is 4.77. The van der Waals surface area contributed by atoms with Crippen molar-refractivity contribution in [2.75, 3.05) is 5.32 Å². The molecule has 0 unspecified atom stereocenters. The Bertz CT molecular complexity index is 907. The first-order valence-corrected chi connectivity index (χ1v) is 6.61. The molecule has 0 saturated carbocycles. The second-order valence-electron chi connectivity index (χ2n) is 4.77. The highest BCUT2D eigenvalue weighted by Gasteiger charge is 2.16. The van der Waals surface area contributed by atoms with Crippen LogP contribution in [0.15, 0.2) is 47.0 Å². The number of carbonyl (C=O) groups excluding carboxylic acids is 1. The third-order valence-corrected chi connectivity index (χ3v) is 3.21. The highest BCUT2D eigenvalue weighted by molar-refractivity contribution is 5.94. The van der Waals surface area contributed by atoms with Crippen molar-refractivity contribution in [1.29, 1.82) is 0 Å². The van der Waals surface area contributed by atoms with Gasteiger partial charge in [-0.3, -0.25) is 14.9 Å². The van der Waals surface area contributed by atoms with Crippen LogP contribution < -0.4 is 5.32 Å². The van der Waals surface area contributed by atoms with Crippen LogP contribution in [0.4, 0.5) is 15.8 Å². The highest BCUT2D eigenvalue weighted by Crippen LogP contribution is 2.22. The van der Waals surface area contributed by atoms with Gasteiger partial charge in [-0.15, -0.1) is 0 Å². The van der Waals surface area contributed by atoms with E-state index in [1.54, 1.807) is 24.3 Å². The topological polar surface area (TPSA) is 98.3 Å². The maximum Gasteiger partial charge on any atom is 0.306 e. The fourth-order valence-electron chi connectivity index (χ4n) is 2.15. The van der Waals surface area contributed by atoms with Gasteiger partial charge in [0, 0.05) is 17.1 Å². The van der Waals surface area contributed by atoms with Crippen LogP contribution in [-0.4, -0.2) is 16.0 Å². The minimum Gasteiger partial charge on any atom is -0.356 e. The maximum atomic E-state index is 13.3. The van der Waals surface area contributed by atoms with Crippen LogP contribution in [0.1, 0.15) is 5.69 Å². The number of nitro groups is 1. The predicted octanol–water partition coefficient (Wildman–Crippen LogP) is 3.06. The molecule has 0 atom stereocenters. The zero-order valence-electron chi connectivity index (χ0n) is 11.7. The van der Waals surface area contributed by atoms with Crippen LogP contribution in [-0.2, 0) is 11.2 Å². The molecule has 3 aromatic rings. The first kappa shape index (κ1) is 14.6. The number of rotatable bonds is 4. The van der Waals surface area contributed by atoms with Gasteiger partial charge in [-0.25, -0.2) is 0 Å². The molecule has 1 amide bonds. The summed E-state index contributed by atoms with van der Waals surface area (Å²) in [5.41, 5.74) is 0.452. The van der Waals surface area contributed by atoms with Crippen LogP contribution in [0.25, 0.3) is 11.0 Å². The number of nitrogens with zero attached hydrogens (tertiary/aromatic N) is 2. The molecule has 0 saturated heterocycles. The van der Waals surface area contributed by atoms with E-state index in [2.05, 4.69) is 10.5 Å². The molecule has 0 spiro atoms. The van der Waals surface area contributed by atoms with Crippen molar-refractivity contribution in [2.45, 2.75) is 6.42 Å². The quantitative estimate of drug-likeness (QED) is 0.589. The van der Waals surface area contributed by atoms with Crippen molar-refractivity contribution >= 4 is 28.3 Å². The van der Waals surface area contributed by atoms with Gasteiger partial charge in [0.1, 0.15) is 5.69 Å². The number of aromatic nitrogens is 1. The highest BCUT2D eigenvalue weighted by atomic mass is 19.1. The molecule has 23 heavy (non-hydrogen) atoms. The van der Waals surface area contributed by atoms with Gasteiger partial charge in [0.2, 0.25) is 11.7 Å². The van der Waals surface area contributed by atoms with Gasteiger partial charge in [0.25, 0.3) is 0 Å². The van der Waals surface area contributed by atoms with E-state index in [0.717, 1.165) is 12.1 Å². The van der Waals surface area contributed by atoms with E-state index in [-0.39, 0.29) is 12.1 Å². The third-order valence-electron chi connectivity index (χ3n) is 3.21. The molecule has 8 heteroatoms. The predicted molar refractivity (Wildman–Crippen MR) is 79.4 cm³/mol. The van der Waals surface area contributed by atoms with E-state index >= 15 is 0 Å². The van der Waals surface area contributed by atoms with E-state index in [1.165, 1.54) is 6.07 Å². The normalized spacial score (nSPS) is 10.7. The lowest BCUT2D eigenvalue weighted by Gasteiger charge is -2.04. The zero-order chi connectivity index (χ0) is 16.4. The summed E-state index contributed by atoms with van der Waals surface area (Å²) in [6.45, 7) is 0. The molecule has 2 aromatic carbocycles. The van der Waals surface area contributed by atoms with Crippen molar-refractivity contribution in [3.63, 3.8) is 0 Å². The van der Waals surface area contributed by atoms with E-state index < -0.39 is 22.3 Å². The fourth-order valence-corrected chi connectivity index (χ4v) is 2.15. The molecule has 1 aromatic heterocycles. The smallest absolute Gasteiger partial charge is 0.306 e. The van der Waals surface area contributed by atoms with Crippen molar-refractivity contribution in [3.05, 3.63) is 64.1 Å². The van der Waals surface area contributed by atoms with Gasteiger partial charge >= 0.3 is 5.69 Å². The molecule has 0 aliphatic heterocycles. The number of para-hydroxylation sites is 1. The number of fused-ring (bicyclic) bond motifs is 1. The van der Waals surface area contributed by atoms with Gasteiger partial charge in [-0.1, -0.05) is 17.3 Å². The van der Waals surface area contributed by atoms with Crippen LogP contribution in [0.5, 0.6) is 0 Å². The van der Waals surface area contributed by atoms with E-state index in [0.29, 0.717) is 16.7 Å². The Kier molecular flexibility index (Phi) is 3.71. The van der Waals surface area contributed by atoms with Crippen LogP contribution >= 0.6 is 0 Å². The summed E-state index contributed by atoms with van der Waals surface area (Å²) in [5, 5.41) is 17.7. The lowest BCUT2D eigenvalue weighted by molar-refractivity contribution is -0.387. The van der Waals surface area contributed by atoms with E-state index in [1.807, 2.05) is 0 Å². The first-order chi connectivity index (χ1) is 11.0. The molecule has 0 aliphatic carbocycles. The van der Waals surface area contributed by atoms with Crippen molar-refractivity contribution < 1.29 is 18.6 Å². The Morgan fingerprint density at radius 2 is 2.09 bits per heavy atom. The molecule has 1 N–H and O–H groups in total. The Morgan fingerprint density at radius 3 is 2.87 bits per heavy atom. The molecule has 3 rings (SSSR count). The summed E-state index contributed by atoms with van der Waals surface area (Å²) in [6.07, 6.45) is -0.0673. The Balaban J connectivity index is 1.77. The molecule has 0 aliphatic rings. The number of nitrogens with one attached hydrogen (secondary N) is 1. The summed E-state index contributed by atoms with van der Waals surface area (Å²) in [6, 6.07) is 10.2. The van der Waals surface area contributed by atoms with Crippen LogP contribution in [0.2, 0.25) is 0 Å². The largest absolute Gasteiger partial charge is 0.356 e. The summed E-state index contributed by atoms with van der Waals surface area (Å²) in [7, 11) is 0. The summed E-state index contributed by atoms with van der Waals surface area (Å²) < 4.78 is 18.4. The number of halogens is 1. The molecular weight excluding hydrogens is 305 g/mol. The van der Waals surface area contributed by atoms with Gasteiger partial charge in [-0.2, -0.15) is 4.39 Å². The number of hydrogen-bond donors (Lipinski definition) is 1. The van der Waals surface area contributed by atoms with Crippen molar-refractivity contribution in [2.24, 2.45) is 0 Å². The standard InChI is InChI=1S/C15H10FN3O4/c16-11-6-5-9(7-13(11)19(21)22)17-15(20)8-12-10-3-1-2-4-14(10)23-18-12/h1-7H,8H2,(H,17,20). The van der Waals surface area contributed by atoms with Gasteiger partial charge in [0.05, 0.1) is 11.3 Å². The van der Waals surface area contributed by atoms with Gasteiger partial charge in [0.15, 0.2) is 5.58 Å². The zero-order valence-corrected chi connectivity index (χ0v) is 11.7. The maximum absolute atomic E-state index is 13.3. The monoisotopic (exact) mass is 315 g/mol. The average molecular weight is 315 g/mol. The van der Waals surface area contributed by atoms with Crippen molar-refractivity contribution in [3.8, 4) is 0 Å². The number of anilines is 1. The van der Waals surface area contributed by atoms with Gasteiger partial charge < -0.3 is 9.84 Å². The molecule has 1 heterocycles. The number of benzene rings is 2. The van der Waals surface area contributed by atoms with E-state index in [4.69, 9.17) is 4.52 Å². The van der Waals surface area contributed by atoms with Gasteiger partial charge in [-0.05, 0) is 24.3 Å². The Hall–Kier alpha value is -3.29. The minimum absolute atomic E-state index is 0.0673. The minimum atomic E-state index is -0.963. The van der Waals surface area contributed by atoms with E-state index in [9.17, 15) is 19.3 Å². The SMILES string of the molecule is O=C(Cc1noc2ccccc12)Nc1ccc(F)c([N+](=O)[O-])c1. The number of hydrogen-bond acceptors (Lipinski definition) is 5. The molecular formula is C15H10FN3O4. The summed E-state index contributed by atoms with van der Waals surface area (Å²) in [4.78, 5) is 21.9. The van der Waals surface area contributed by atoms with Crippen LogP contribution in [0.3, 0.4) is 0 Å². The van der Waals surface area contributed by atoms with Crippen LogP contribution in [0, 0.1) is 15.9 Å².